The fraction of sp³-hybridized carbons (Fsp3) is 0.333. The number of amides is 1. The van der Waals surface area contributed by atoms with Crippen LogP contribution >= 0.6 is 0 Å². The summed E-state index contributed by atoms with van der Waals surface area (Å²) in [4.78, 5) is 15.9. The third-order valence-corrected chi connectivity index (χ3v) is 3.36. The van der Waals surface area contributed by atoms with E-state index in [0.717, 1.165) is 24.2 Å². The van der Waals surface area contributed by atoms with Crippen molar-refractivity contribution in [2.45, 2.75) is 26.3 Å². The number of benzene rings is 1. The number of carbonyl (C=O) groups is 1. The molecule has 23 heavy (non-hydrogen) atoms. The van der Waals surface area contributed by atoms with E-state index in [4.69, 9.17) is 9.47 Å². The van der Waals surface area contributed by atoms with Crippen molar-refractivity contribution >= 4 is 5.91 Å². The molecule has 0 spiro atoms. The summed E-state index contributed by atoms with van der Waals surface area (Å²) >= 11 is 0. The van der Waals surface area contributed by atoms with Gasteiger partial charge in [-0.25, -0.2) is 0 Å². The summed E-state index contributed by atoms with van der Waals surface area (Å²) < 4.78 is 11.1. The van der Waals surface area contributed by atoms with Crippen LogP contribution in [0.25, 0.3) is 0 Å². The minimum atomic E-state index is -0.152. The molecule has 0 radical (unpaired) electrons. The Balaban J connectivity index is 1.96. The average molecular weight is 314 g/mol. The van der Waals surface area contributed by atoms with E-state index < -0.39 is 0 Å². The van der Waals surface area contributed by atoms with Crippen molar-refractivity contribution in [2.24, 2.45) is 0 Å². The lowest BCUT2D eigenvalue weighted by atomic mass is 10.2. The molecule has 0 unspecified atom stereocenters. The Kier molecular flexibility index (Phi) is 6.41. The van der Waals surface area contributed by atoms with Crippen LogP contribution in [-0.4, -0.2) is 24.6 Å². The Bertz CT molecular complexity index is 629. The summed E-state index contributed by atoms with van der Waals surface area (Å²) in [6.07, 6.45) is 5.27. The number of methoxy groups -OCH3 is 1. The van der Waals surface area contributed by atoms with Gasteiger partial charge in [-0.3, -0.25) is 9.78 Å². The predicted molar refractivity (Wildman–Crippen MR) is 88.8 cm³/mol. The summed E-state index contributed by atoms with van der Waals surface area (Å²) in [5.74, 6) is 1.25. The Morgan fingerprint density at radius 1 is 1.26 bits per heavy atom. The molecule has 5 nitrogen and oxygen atoms in total. The molecule has 1 aromatic heterocycles. The Morgan fingerprint density at radius 2 is 2.13 bits per heavy atom. The van der Waals surface area contributed by atoms with Crippen molar-refractivity contribution in [1.29, 1.82) is 0 Å². The van der Waals surface area contributed by atoms with Crippen molar-refractivity contribution in [3.05, 3.63) is 53.9 Å². The van der Waals surface area contributed by atoms with Gasteiger partial charge in [0.2, 0.25) is 0 Å². The first-order chi connectivity index (χ1) is 11.2. The Morgan fingerprint density at radius 3 is 2.83 bits per heavy atom. The van der Waals surface area contributed by atoms with E-state index in [-0.39, 0.29) is 5.91 Å². The molecule has 2 rings (SSSR count). The highest BCUT2D eigenvalue weighted by atomic mass is 16.5. The second kappa shape index (κ2) is 8.78. The summed E-state index contributed by atoms with van der Waals surface area (Å²) in [5, 5.41) is 2.86. The number of nitrogens with zero attached hydrogens (tertiary/aromatic N) is 1. The maximum atomic E-state index is 12.0. The third-order valence-electron chi connectivity index (χ3n) is 3.36. The van der Waals surface area contributed by atoms with Gasteiger partial charge in [-0.15, -0.1) is 0 Å². The lowest BCUT2D eigenvalue weighted by Gasteiger charge is -2.12. The highest BCUT2D eigenvalue weighted by Crippen LogP contribution is 2.28. The molecule has 1 N–H and O–H groups in total. The number of aromatic nitrogens is 1. The number of nitrogens with one attached hydrogen (secondary N) is 1. The second-order valence-corrected chi connectivity index (χ2v) is 5.11. The topological polar surface area (TPSA) is 60.5 Å². The predicted octanol–water partition coefficient (Wildman–Crippen LogP) is 3.20. The van der Waals surface area contributed by atoms with E-state index in [2.05, 4.69) is 17.2 Å². The standard InChI is InChI=1S/C18H22N2O3/c1-3-4-10-23-16-8-7-14(11-17(16)22-2)12-20-18(21)15-6-5-9-19-13-15/h5-9,11,13H,3-4,10,12H2,1-2H3,(H,20,21). The number of pyridine rings is 1. The molecular weight excluding hydrogens is 292 g/mol. The largest absolute Gasteiger partial charge is 0.493 e. The number of ether oxygens (including phenoxy) is 2. The van der Waals surface area contributed by atoms with Gasteiger partial charge in [-0.05, 0) is 36.2 Å². The first kappa shape index (κ1) is 16.8. The van der Waals surface area contributed by atoms with E-state index in [0.29, 0.717) is 24.5 Å². The molecule has 1 amide bonds. The molecule has 0 saturated heterocycles. The molecule has 1 aromatic carbocycles. The van der Waals surface area contributed by atoms with Gasteiger partial charge in [-0.1, -0.05) is 19.4 Å². The first-order valence-electron chi connectivity index (χ1n) is 7.72. The lowest BCUT2D eigenvalue weighted by Crippen LogP contribution is -2.22. The fourth-order valence-corrected chi connectivity index (χ4v) is 2.05. The summed E-state index contributed by atoms with van der Waals surface area (Å²) in [5.41, 5.74) is 1.49. The van der Waals surface area contributed by atoms with Gasteiger partial charge in [-0.2, -0.15) is 0 Å². The highest BCUT2D eigenvalue weighted by Gasteiger charge is 2.08. The van der Waals surface area contributed by atoms with Gasteiger partial charge < -0.3 is 14.8 Å². The normalized spacial score (nSPS) is 10.2. The van der Waals surface area contributed by atoms with Gasteiger partial charge in [0.15, 0.2) is 11.5 Å². The van der Waals surface area contributed by atoms with Crippen LogP contribution in [0.5, 0.6) is 11.5 Å². The quantitative estimate of drug-likeness (QED) is 0.760. The molecular formula is C18H22N2O3. The minimum absolute atomic E-state index is 0.152. The van der Waals surface area contributed by atoms with Crippen LogP contribution in [-0.2, 0) is 6.54 Å². The zero-order valence-corrected chi connectivity index (χ0v) is 13.5. The van der Waals surface area contributed by atoms with E-state index in [1.54, 1.807) is 31.6 Å². The molecule has 0 aliphatic heterocycles. The maximum Gasteiger partial charge on any atom is 0.253 e. The molecule has 0 aliphatic rings. The van der Waals surface area contributed by atoms with Crippen molar-refractivity contribution in [3.63, 3.8) is 0 Å². The SMILES string of the molecule is CCCCOc1ccc(CNC(=O)c2cccnc2)cc1OC. The van der Waals surface area contributed by atoms with Crippen molar-refractivity contribution < 1.29 is 14.3 Å². The molecule has 0 aliphatic carbocycles. The van der Waals surface area contributed by atoms with Gasteiger partial charge in [0, 0.05) is 18.9 Å². The van der Waals surface area contributed by atoms with Crippen molar-refractivity contribution in [3.8, 4) is 11.5 Å². The molecule has 122 valence electrons. The summed E-state index contributed by atoms with van der Waals surface area (Å²) in [6, 6.07) is 9.14. The van der Waals surface area contributed by atoms with Gasteiger partial charge in [0.05, 0.1) is 19.3 Å². The van der Waals surface area contributed by atoms with Gasteiger partial charge in [0.25, 0.3) is 5.91 Å². The number of unbranched alkanes of at least 4 members (excludes halogenated alkanes) is 1. The first-order valence-corrected chi connectivity index (χ1v) is 7.72. The smallest absolute Gasteiger partial charge is 0.253 e. The molecule has 0 saturated carbocycles. The zero-order chi connectivity index (χ0) is 16.5. The van der Waals surface area contributed by atoms with Crippen LogP contribution in [0, 0.1) is 0 Å². The monoisotopic (exact) mass is 314 g/mol. The molecule has 0 bridgehead atoms. The lowest BCUT2D eigenvalue weighted by molar-refractivity contribution is 0.0950. The highest BCUT2D eigenvalue weighted by molar-refractivity contribution is 5.93. The van der Waals surface area contributed by atoms with Crippen LogP contribution in [0.2, 0.25) is 0 Å². The number of hydrogen-bond acceptors (Lipinski definition) is 4. The average Bonchev–Trinajstić information content (AvgIpc) is 2.61. The number of hydrogen-bond donors (Lipinski definition) is 1. The van der Waals surface area contributed by atoms with Crippen LogP contribution < -0.4 is 14.8 Å². The Hall–Kier alpha value is -2.56. The molecule has 5 heteroatoms. The minimum Gasteiger partial charge on any atom is -0.493 e. The van der Waals surface area contributed by atoms with Crippen molar-refractivity contribution in [1.82, 2.24) is 10.3 Å². The van der Waals surface area contributed by atoms with E-state index in [1.165, 1.54) is 0 Å². The fourth-order valence-electron chi connectivity index (χ4n) is 2.05. The zero-order valence-electron chi connectivity index (χ0n) is 13.5. The van der Waals surface area contributed by atoms with Crippen LogP contribution in [0.4, 0.5) is 0 Å². The van der Waals surface area contributed by atoms with E-state index in [1.807, 2.05) is 18.2 Å². The number of carbonyl (C=O) groups excluding carboxylic acids is 1. The van der Waals surface area contributed by atoms with Crippen LogP contribution in [0.3, 0.4) is 0 Å². The molecule has 0 fully saturated rings. The second-order valence-electron chi connectivity index (χ2n) is 5.11. The number of rotatable bonds is 8. The molecule has 0 atom stereocenters. The summed E-state index contributed by atoms with van der Waals surface area (Å²) in [6.45, 7) is 3.21. The van der Waals surface area contributed by atoms with Gasteiger partial charge >= 0.3 is 0 Å². The van der Waals surface area contributed by atoms with Crippen molar-refractivity contribution in [2.75, 3.05) is 13.7 Å². The van der Waals surface area contributed by atoms with E-state index in [9.17, 15) is 4.79 Å². The third kappa shape index (κ3) is 4.98. The van der Waals surface area contributed by atoms with E-state index >= 15 is 0 Å². The molecule has 1 heterocycles. The Labute approximate surface area is 136 Å². The van der Waals surface area contributed by atoms with Crippen LogP contribution in [0.15, 0.2) is 42.7 Å². The summed E-state index contributed by atoms with van der Waals surface area (Å²) in [7, 11) is 1.61. The maximum absolute atomic E-state index is 12.0. The van der Waals surface area contributed by atoms with Crippen LogP contribution in [0.1, 0.15) is 35.7 Å². The molecule has 2 aromatic rings. The van der Waals surface area contributed by atoms with Gasteiger partial charge in [0.1, 0.15) is 0 Å².